The lowest BCUT2D eigenvalue weighted by atomic mass is 10.0. The molecule has 2 heterocycles. The first-order valence-corrected chi connectivity index (χ1v) is 8.78. The number of anilines is 1. The number of carboxylic acids is 1. The fraction of sp³-hybridized carbons (Fsp3) is 0.529. The molecule has 25 heavy (non-hydrogen) atoms. The zero-order valence-electron chi connectivity index (χ0n) is 13.8. The summed E-state index contributed by atoms with van der Waals surface area (Å²) in [6.07, 6.45) is 3.10. The first-order valence-electron chi connectivity index (χ1n) is 8.40. The van der Waals surface area contributed by atoms with Crippen LogP contribution in [0.1, 0.15) is 25.7 Å². The maximum Gasteiger partial charge on any atom is 0.320 e. The van der Waals surface area contributed by atoms with Crippen LogP contribution in [0.4, 0.5) is 5.69 Å². The Morgan fingerprint density at radius 2 is 1.92 bits per heavy atom. The van der Waals surface area contributed by atoms with Gasteiger partial charge in [-0.25, -0.2) is 0 Å². The molecule has 1 aromatic carbocycles. The molecule has 7 nitrogen and oxygen atoms in total. The Morgan fingerprint density at radius 3 is 2.64 bits per heavy atom. The summed E-state index contributed by atoms with van der Waals surface area (Å²) in [5, 5.41) is 12.4. The number of benzene rings is 1. The largest absolute Gasteiger partial charge is 0.490 e. The van der Waals surface area contributed by atoms with E-state index < -0.39 is 12.0 Å². The number of carbonyl (C=O) groups excluding carboxylic acids is 1. The molecule has 0 bridgehead atoms. The molecular weight excluding hydrogens is 348 g/mol. The molecule has 8 heteroatoms. The molecule has 2 aliphatic heterocycles. The quantitative estimate of drug-likeness (QED) is 0.848. The van der Waals surface area contributed by atoms with Crippen molar-refractivity contribution in [3.8, 4) is 11.5 Å². The number of aliphatic carboxylic acids is 1. The minimum Gasteiger partial charge on any atom is -0.490 e. The first-order chi connectivity index (χ1) is 12.0. The predicted octanol–water partition coefficient (Wildman–Crippen LogP) is 2.38. The molecule has 2 N–H and O–H groups in total. The highest BCUT2D eigenvalue weighted by atomic mass is 35.5. The number of carbonyl (C=O) groups is 2. The van der Waals surface area contributed by atoms with Gasteiger partial charge < -0.3 is 19.9 Å². The Bertz CT molecular complexity index is 667. The van der Waals surface area contributed by atoms with Crippen molar-refractivity contribution in [2.24, 2.45) is 0 Å². The molecule has 1 fully saturated rings. The van der Waals surface area contributed by atoms with Gasteiger partial charge in [0.1, 0.15) is 6.04 Å². The van der Waals surface area contributed by atoms with Gasteiger partial charge in [0, 0.05) is 18.6 Å². The molecule has 136 valence electrons. The van der Waals surface area contributed by atoms with Crippen molar-refractivity contribution in [1.82, 2.24) is 4.90 Å². The van der Waals surface area contributed by atoms with Crippen LogP contribution in [0.3, 0.4) is 0 Å². The van der Waals surface area contributed by atoms with Gasteiger partial charge in [-0.15, -0.1) is 0 Å². The van der Waals surface area contributed by atoms with Gasteiger partial charge in [-0.05, 0) is 19.4 Å². The number of likely N-dealkylation sites (tertiary alicyclic amines) is 1. The van der Waals surface area contributed by atoms with E-state index in [4.69, 9.17) is 21.1 Å². The van der Waals surface area contributed by atoms with Gasteiger partial charge in [-0.1, -0.05) is 18.0 Å². The van der Waals surface area contributed by atoms with Crippen molar-refractivity contribution in [2.75, 3.05) is 31.6 Å². The van der Waals surface area contributed by atoms with Crippen molar-refractivity contribution in [1.29, 1.82) is 0 Å². The van der Waals surface area contributed by atoms with E-state index in [2.05, 4.69) is 5.32 Å². The highest BCUT2D eigenvalue weighted by Crippen LogP contribution is 2.37. The van der Waals surface area contributed by atoms with Crippen LogP contribution in [-0.4, -0.2) is 54.2 Å². The molecule has 0 radical (unpaired) electrons. The van der Waals surface area contributed by atoms with Gasteiger partial charge in [0.25, 0.3) is 0 Å². The lowest BCUT2D eigenvalue weighted by Gasteiger charge is -2.32. The fourth-order valence-electron chi connectivity index (χ4n) is 3.11. The van der Waals surface area contributed by atoms with E-state index in [1.807, 2.05) is 0 Å². The third-order valence-electron chi connectivity index (χ3n) is 4.36. The van der Waals surface area contributed by atoms with Crippen LogP contribution in [0.5, 0.6) is 11.5 Å². The van der Waals surface area contributed by atoms with E-state index in [1.165, 1.54) is 0 Å². The molecule has 0 spiro atoms. The van der Waals surface area contributed by atoms with Gasteiger partial charge in [0.15, 0.2) is 11.5 Å². The summed E-state index contributed by atoms with van der Waals surface area (Å²) in [6, 6.07) is 2.66. The fourth-order valence-corrected chi connectivity index (χ4v) is 3.31. The summed E-state index contributed by atoms with van der Waals surface area (Å²) in [4.78, 5) is 25.4. The monoisotopic (exact) mass is 368 g/mol. The Labute approximate surface area is 150 Å². The second-order valence-electron chi connectivity index (χ2n) is 6.20. The number of ether oxygens (including phenoxy) is 2. The molecular formula is C17H21ClN2O5. The average Bonchev–Trinajstić information content (AvgIpc) is 2.80. The number of nitrogens with one attached hydrogen (secondary N) is 1. The van der Waals surface area contributed by atoms with Crippen molar-refractivity contribution in [3.05, 3.63) is 17.2 Å². The maximum absolute atomic E-state index is 12.4. The van der Waals surface area contributed by atoms with Crippen LogP contribution in [0.25, 0.3) is 0 Å². The van der Waals surface area contributed by atoms with E-state index in [-0.39, 0.29) is 12.5 Å². The summed E-state index contributed by atoms with van der Waals surface area (Å²) in [5.41, 5.74) is 0.430. The number of amides is 1. The second kappa shape index (κ2) is 7.93. The van der Waals surface area contributed by atoms with E-state index in [0.717, 1.165) is 19.3 Å². The van der Waals surface area contributed by atoms with Crippen molar-refractivity contribution in [2.45, 2.75) is 31.7 Å². The molecule has 1 amide bonds. The lowest BCUT2D eigenvalue weighted by molar-refractivity contribution is -0.145. The summed E-state index contributed by atoms with van der Waals surface area (Å²) in [6.45, 7) is 1.71. The van der Waals surface area contributed by atoms with E-state index >= 15 is 0 Å². The van der Waals surface area contributed by atoms with Crippen LogP contribution < -0.4 is 14.8 Å². The van der Waals surface area contributed by atoms with Crippen LogP contribution in [-0.2, 0) is 9.59 Å². The van der Waals surface area contributed by atoms with Crippen LogP contribution >= 0.6 is 11.6 Å². The minimum absolute atomic E-state index is 0.0156. The molecule has 0 aromatic heterocycles. The Kier molecular flexibility index (Phi) is 5.65. The smallest absolute Gasteiger partial charge is 0.320 e. The molecule has 1 saturated heterocycles. The first kappa shape index (κ1) is 17.8. The molecule has 0 saturated carbocycles. The van der Waals surface area contributed by atoms with Gasteiger partial charge in [-0.3, -0.25) is 14.5 Å². The van der Waals surface area contributed by atoms with Crippen molar-refractivity contribution in [3.63, 3.8) is 0 Å². The minimum atomic E-state index is -0.888. The normalized spacial score (nSPS) is 20.6. The topological polar surface area (TPSA) is 88.1 Å². The van der Waals surface area contributed by atoms with E-state index in [0.29, 0.717) is 48.4 Å². The van der Waals surface area contributed by atoms with Crippen molar-refractivity contribution >= 4 is 29.2 Å². The van der Waals surface area contributed by atoms with E-state index in [9.17, 15) is 14.7 Å². The van der Waals surface area contributed by atoms with Gasteiger partial charge >= 0.3 is 5.97 Å². The van der Waals surface area contributed by atoms with Gasteiger partial charge in [-0.2, -0.15) is 0 Å². The Hall–Kier alpha value is -1.99. The zero-order valence-corrected chi connectivity index (χ0v) is 14.6. The number of halogens is 1. The average molecular weight is 369 g/mol. The van der Waals surface area contributed by atoms with Gasteiger partial charge in [0.2, 0.25) is 5.91 Å². The number of rotatable bonds is 4. The third kappa shape index (κ3) is 4.35. The molecule has 1 unspecified atom stereocenters. The number of fused-ring (bicyclic) bond motifs is 1. The van der Waals surface area contributed by atoms with Crippen LogP contribution in [0.2, 0.25) is 5.02 Å². The molecule has 3 rings (SSSR count). The molecule has 2 aliphatic rings. The molecule has 0 aliphatic carbocycles. The summed E-state index contributed by atoms with van der Waals surface area (Å²) >= 11 is 6.22. The number of hydrogen-bond acceptors (Lipinski definition) is 5. The molecule has 1 atom stereocenters. The van der Waals surface area contributed by atoms with E-state index in [1.54, 1.807) is 17.0 Å². The summed E-state index contributed by atoms with van der Waals surface area (Å²) in [7, 11) is 0. The molecule has 1 aromatic rings. The summed E-state index contributed by atoms with van der Waals surface area (Å²) < 4.78 is 11.2. The highest BCUT2D eigenvalue weighted by Gasteiger charge is 2.29. The lowest BCUT2D eigenvalue weighted by Crippen LogP contribution is -2.47. The highest BCUT2D eigenvalue weighted by molar-refractivity contribution is 6.34. The van der Waals surface area contributed by atoms with Gasteiger partial charge in [0.05, 0.1) is 30.5 Å². The predicted molar refractivity (Wildman–Crippen MR) is 92.5 cm³/mol. The maximum atomic E-state index is 12.4. The third-order valence-corrected chi connectivity index (χ3v) is 4.67. The number of nitrogens with zero attached hydrogens (tertiary/aromatic N) is 1. The number of piperidine rings is 1. The SMILES string of the molecule is O=C(CN1CCCCC1C(=O)O)Nc1cc2c(cc1Cl)OCCCO2. The summed E-state index contributed by atoms with van der Waals surface area (Å²) in [5.74, 6) is -0.0910. The van der Waals surface area contributed by atoms with Crippen molar-refractivity contribution < 1.29 is 24.2 Å². The van der Waals surface area contributed by atoms with Crippen LogP contribution in [0, 0.1) is 0 Å². The standard InChI is InChI=1S/C17H21ClN2O5/c18-11-8-14-15(25-7-3-6-24-14)9-12(11)19-16(21)10-20-5-2-1-4-13(20)17(22)23/h8-9,13H,1-7,10H2,(H,19,21)(H,22,23). The Morgan fingerprint density at radius 1 is 1.20 bits per heavy atom. The number of hydrogen-bond donors (Lipinski definition) is 2. The second-order valence-corrected chi connectivity index (χ2v) is 6.60. The van der Waals surface area contributed by atoms with Crippen LogP contribution in [0.15, 0.2) is 12.1 Å². The zero-order chi connectivity index (χ0) is 17.8. The Balaban J connectivity index is 1.68. The number of carboxylic acid groups (broad SMARTS) is 1.